The second kappa shape index (κ2) is 10.6. The summed E-state index contributed by atoms with van der Waals surface area (Å²) in [5.74, 6) is -0.881. The fourth-order valence-corrected chi connectivity index (χ4v) is 3.78. The van der Waals surface area contributed by atoms with Crippen LogP contribution in [0.1, 0.15) is 16.7 Å². The third kappa shape index (κ3) is 5.87. The van der Waals surface area contributed by atoms with E-state index >= 15 is 0 Å². The normalized spacial score (nSPS) is 12.8. The number of esters is 1. The van der Waals surface area contributed by atoms with E-state index in [0.717, 1.165) is 27.6 Å². The third-order valence-electron chi connectivity index (χ3n) is 5.56. The lowest BCUT2D eigenvalue weighted by atomic mass is 10.0. The Balaban J connectivity index is 1.43. The van der Waals surface area contributed by atoms with E-state index in [-0.39, 0.29) is 6.61 Å². The van der Waals surface area contributed by atoms with E-state index in [1.165, 1.54) is 0 Å². The van der Waals surface area contributed by atoms with Gasteiger partial charge in [-0.25, -0.2) is 4.79 Å². The first-order valence-corrected chi connectivity index (χ1v) is 11.0. The third-order valence-corrected chi connectivity index (χ3v) is 5.56. The van der Waals surface area contributed by atoms with Gasteiger partial charge in [-0.15, -0.1) is 0 Å². The molecule has 0 fully saturated rings. The molecule has 1 heterocycles. The van der Waals surface area contributed by atoms with Crippen molar-refractivity contribution in [1.29, 1.82) is 0 Å². The minimum absolute atomic E-state index is 0.141. The number of hydrogen-bond acceptors (Lipinski definition) is 4. The summed E-state index contributed by atoms with van der Waals surface area (Å²) in [4.78, 5) is 29.0. The van der Waals surface area contributed by atoms with Gasteiger partial charge in [0.25, 0.3) is 0 Å². The number of aromatic nitrogens is 1. The molecule has 1 amide bonds. The Morgan fingerprint density at radius 2 is 1.48 bits per heavy atom. The molecule has 0 spiro atoms. The van der Waals surface area contributed by atoms with Crippen molar-refractivity contribution in [3.63, 3.8) is 0 Å². The maximum absolute atomic E-state index is 12.9. The highest BCUT2D eigenvalue weighted by Gasteiger charge is 2.26. The van der Waals surface area contributed by atoms with E-state index in [1.54, 1.807) is 0 Å². The smallest absolute Gasteiger partial charge is 0.329 e. The molecular weight excluding hydrogens is 414 g/mol. The van der Waals surface area contributed by atoms with Crippen molar-refractivity contribution in [2.75, 3.05) is 0 Å². The van der Waals surface area contributed by atoms with Gasteiger partial charge in [0.05, 0.1) is 6.04 Å². The van der Waals surface area contributed by atoms with Crippen molar-refractivity contribution in [3.8, 4) is 0 Å². The summed E-state index contributed by atoms with van der Waals surface area (Å²) in [6.07, 6.45) is 2.54. The molecule has 0 aliphatic carbocycles. The van der Waals surface area contributed by atoms with E-state index in [0.29, 0.717) is 12.8 Å². The summed E-state index contributed by atoms with van der Waals surface area (Å²) in [5.41, 5.74) is 9.98. The monoisotopic (exact) mass is 441 g/mol. The van der Waals surface area contributed by atoms with Gasteiger partial charge in [0.15, 0.2) is 0 Å². The number of carbonyl (C=O) groups excluding carboxylic acids is 2. The van der Waals surface area contributed by atoms with Gasteiger partial charge in [-0.05, 0) is 29.2 Å². The fourth-order valence-electron chi connectivity index (χ4n) is 3.78. The summed E-state index contributed by atoms with van der Waals surface area (Å²) in [7, 11) is 0. The molecule has 0 bridgehead atoms. The largest absolute Gasteiger partial charge is 0.459 e. The predicted molar refractivity (Wildman–Crippen MR) is 128 cm³/mol. The maximum Gasteiger partial charge on any atom is 0.329 e. The molecule has 6 heteroatoms. The Labute approximate surface area is 192 Å². The topological polar surface area (TPSA) is 97.2 Å². The van der Waals surface area contributed by atoms with Crippen LogP contribution in [0.2, 0.25) is 0 Å². The zero-order valence-electron chi connectivity index (χ0n) is 18.2. The molecule has 4 rings (SSSR count). The average molecular weight is 442 g/mol. The number of benzene rings is 3. The standard InChI is InChI=1S/C27H27N3O3/c28-23(16-21-17-29-24-14-8-7-13-22(21)24)26(31)30-25(15-19-9-3-1-4-10-19)27(32)33-18-20-11-5-2-6-12-20/h1-14,17,23,25,29H,15-16,18,28H2,(H,30,31). The number of para-hydroxylation sites is 1. The van der Waals surface area contributed by atoms with Crippen LogP contribution in [0.5, 0.6) is 0 Å². The highest BCUT2D eigenvalue weighted by molar-refractivity contribution is 5.89. The summed E-state index contributed by atoms with van der Waals surface area (Å²) < 4.78 is 5.51. The molecule has 6 nitrogen and oxygen atoms in total. The molecule has 0 radical (unpaired) electrons. The first-order chi connectivity index (χ1) is 16.1. The van der Waals surface area contributed by atoms with Crippen molar-refractivity contribution in [3.05, 3.63) is 108 Å². The van der Waals surface area contributed by atoms with Gasteiger partial charge in [-0.1, -0.05) is 78.9 Å². The average Bonchev–Trinajstić information content (AvgIpc) is 3.26. The minimum atomic E-state index is -0.836. The molecule has 0 aliphatic heterocycles. The van der Waals surface area contributed by atoms with Crippen LogP contribution in [0.15, 0.2) is 91.1 Å². The van der Waals surface area contributed by atoms with E-state index in [9.17, 15) is 9.59 Å². The predicted octanol–water partition coefficient (Wildman–Crippen LogP) is 3.51. The molecule has 0 saturated carbocycles. The Kier molecular flexibility index (Phi) is 7.17. The van der Waals surface area contributed by atoms with Crippen LogP contribution in [0.4, 0.5) is 0 Å². The van der Waals surface area contributed by atoms with Crippen LogP contribution >= 0.6 is 0 Å². The molecule has 3 aromatic carbocycles. The van der Waals surface area contributed by atoms with Gasteiger partial charge in [0.2, 0.25) is 5.91 Å². The number of nitrogens with one attached hydrogen (secondary N) is 2. The van der Waals surface area contributed by atoms with Gasteiger partial charge in [-0.2, -0.15) is 0 Å². The number of rotatable bonds is 9. The van der Waals surface area contributed by atoms with Crippen LogP contribution in [0.3, 0.4) is 0 Å². The number of ether oxygens (including phenoxy) is 1. The van der Waals surface area contributed by atoms with Gasteiger partial charge in [-0.3, -0.25) is 4.79 Å². The van der Waals surface area contributed by atoms with Crippen molar-refractivity contribution in [1.82, 2.24) is 10.3 Å². The molecule has 0 aliphatic rings. The van der Waals surface area contributed by atoms with Gasteiger partial charge in [0.1, 0.15) is 12.6 Å². The summed E-state index contributed by atoms with van der Waals surface area (Å²) in [5, 5.41) is 3.84. The number of carbonyl (C=O) groups is 2. The quantitative estimate of drug-likeness (QED) is 0.346. The zero-order valence-corrected chi connectivity index (χ0v) is 18.2. The number of aromatic amines is 1. The second-order valence-electron chi connectivity index (χ2n) is 8.01. The lowest BCUT2D eigenvalue weighted by Gasteiger charge is -2.20. The number of H-pyrrole nitrogens is 1. The van der Waals surface area contributed by atoms with Crippen LogP contribution in [-0.2, 0) is 33.8 Å². The zero-order chi connectivity index (χ0) is 23.0. The molecule has 2 unspecified atom stereocenters. The van der Waals surface area contributed by atoms with Crippen molar-refractivity contribution >= 4 is 22.8 Å². The molecule has 0 saturated heterocycles. The number of fused-ring (bicyclic) bond motifs is 1. The fraction of sp³-hybridized carbons (Fsp3) is 0.185. The molecular formula is C27H27N3O3. The van der Waals surface area contributed by atoms with Crippen LogP contribution < -0.4 is 11.1 Å². The molecule has 4 aromatic rings. The number of nitrogens with two attached hydrogens (primary N) is 1. The second-order valence-corrected chi connectivity index (χ2v) is 8.01. The Bertz CT molecular complexity index is 1210. The lowest BCUT2D eigenvalue weighted by molar-refractivity contribution is -0.149. The number of hydrogen-bond donors (Lipinski definition) is 3. The Morgan fingerprint density at radius 1 is 0.848 bits per heavy atom. The van der Waals surface area contributed by atoms with Gasteiger partial charge < -0.3 is 20.8 Å². The van der Waals surface area contributed by atoms with Crippen LogP contribution in [0, 0.1) is 0 Å². The minimum Gasteiger partial charge on any atom is -0.459 e. The molecule has 2 atom stereocenters. The Morgan fingerprint density at radius 3 is 2.21 bits per heavy atom. The van der Waals surface area contributed by atoms with Gasteiger partial charge >= 0.3 is 5.97 Å². The molecule has 4 N–H and O–H groups in total. The van der Waals surface area contributed by atoms with Crippen LogP contribution in [-0.4, -0.2) is 28.9 Å². The first-order valence-electron chi connectivity index (χ1n) is 11.0. The maximum atomic E-state index is 12.9. The number of amides is 1. The van der Waals surface area contributed by atoms with Crippen molar-refractivity contribution in [2.45, 2.75) is 31.5 Å². The summed E-state index contributed by atoms with van der Waals surface area (Å²) in [6.45, 7) is 0.141. The van der Waals surface area contributed by atoms with Crippen LogP contribution in [0.25, 0.3) is 10.9 Å². The Hall–Kier alpha value is -3.90. The molecule has 33 heavy (non-hydrogen) atoms. The molecule has 1 aromatic heterocycles. The van der Waals surface area contributed by atoms with E-state index < -0.39 is 24.0 Å². The van der Waals surface area contributed by atoms with E-state index in [1.807, 2.05) is 91.1 Å². The van der Waals surface area contributed by atoms with E-state index in [2.05, 4.69) is 10.3 Å². The summed E-state index contributed by atoms with van der Waals surface area (Å²) in [6, 6.07) is 25.2. The van der Waals surface area contributed by atoms with E-state index in [4.69, 9.17) is 10.5 Å². The first kappa shape index (κ1) is 22.3. The summed E-state index contributed by atoms with van der Waals surface area (Å²) >= 11 is 0. The highest BCUT2D eigenvalue weighted by atomic mass is 16.5. The van der Waals surface area contributed by atoms with Crippen molar-refractivity contribution in [2.24, 2.45) is 5.73 Å². The lowest BCUT2D eigenvalue weighted by Crippen LogP contribution is -2.50. The SMILES string of the molecule is NC(Cc1c[nH]c2ccccc12)C(=O)NC(Cc1ccccc1)C(=O)OCc1ccccc1. The molecule has 168 valence electrons. The van der Waals surface area contributed by atoms with Crippen molar-refractivity contribution < 1.29 is 14.3 Å². The highest BCUT2D eigenvalue weighted by Crippen LogP contribution is 2.19. The van der Waals surface area contributed by atoms with Gasteiger partial charge in [0, 0.05) is 23.5 Å².